The van der Waals surface area contributed by atoms with Crippen LogP contribution in [-0.2, 0) is 6.67 Å². The molecule has 2 amide bonds. The van der Waals surface area contributed by atoms with Gasteiger partial charge in [-0.1, -0.05) is 25.5 Å². The number of nitrogens with zero attached hydrogens (tertiary/aromatic N) is 4. The van der Waals surface area contributed by atoms with Crippen LogP contribution >= 0.6 is 0 Å². The highest BCUT2D eigenvalue weighted by Crippen LogP contribution is 2.29. The number of fused-ring (bicyclic) bond motifs is 1. The maximum atomic E-state index is 12.5. The molecule has 0 bridgehead atoms. The fourth-order valence-corrected chi connectivity index (χ4v) is 3.17. The second-order valence-electron chi connectivity index (χ2n) is 6.64. The van der Waals surface area contributed by atoms with E-state index < -0.39 is 0 Å². The molecule has 6 nitrogen and oxygen atoms in total. The summed E-state index contributed by atoms with van der Waals surface area (Å²) in [6.45, 7) is 5.34. The molecule has 0 unspecified atom stereocenters. The third-order valence-electron chi connectivity index (χ3n) is 4.53. The number of carbonyl (C=O) groups is 2. The predicted octanol–water partition coefficient (Wildman–Crippen LogP) is 2.77. The lowest BCUT2D eigenvalue weighted by atomic mass is 10.1. The van der Waals surface area contributed by atoms with Crippen molar-refractivity contribution in [2.75, 3.05) is 20.6 Å². The first-order chi connectivity index (χ1) is 11.9. The second-order valence-corrected chi connectivity index (χ2v) is 6.64. The molecule has 1 aromatic heterocycles. The highest BCUT2D eigenvalue weighted by molar-refractivity contribution is 5.95. The maximum Gasteiger partial charge on any atom is 0.291 e. The fourth-order valence-electron chi connectivity index (χ4n) is 3.17. The summed E-state index contributed by atoms with van der Waals surface area (Å²) in [7, 11) is 3.47. The van der Waals surface area contributed by atoms with Gasteiger partial charge < -0.3 is 14.4 Å². The lowest BCUT2D eigenvalue weighted by Crippen LogP contribution is -2.26. The Bertz CT molecular complexity index is 806. The number of carbonyl (C=O) groups excluding carboxylic acids is 2. The molecule has 1 aliphatic heterocycles. The van der Waals surface area contributed by atoms with Gasteiger partial charge in [-0.05, 0) is 25.5 Å². The molecule has 132 valence electrons. The van der Waals surface area contributed by atoms with Gasteiger partial charge >= 0.3 is 0 Å². The molecule has 1 aromatic carbocycles. The van der Waals surface area contributed by atoms with E-state index in [1.807, 2.05) is 40.7 Å². The van der Waals surface area contributed by atoms with E-state index in [0.717, 1.165) is 36.3 Å². The summed E-state index contributed by atoms with van der Waals surface area (Å²) in [5.74, 6) is 0.488. The van der Waals surface area contributed by atoms with E-state index in [-0.39, 0.29) is 11.8 Å². The molecule has 2 heterocycles. The lowest BCUT2D eigenvalue weighted by molar-refractivity contribution is 0.0763. The van der Waals surface area contributed by atoms with Gasteiger partial charge in [0.1, 0.15) is 0 Å². The van der Waals surface area contributed by atoms with Crippen molar-refractivity contribution in [1.29, 1.82) is 0 Å². The molecular weight excluding hydrogens is 316 g/mol. The number of aryl methyl sites for hydroxylation is 1. The highest BCUT2D eigenvalue weighted by Gasteiger charge is 2.32. The average Bonchev–Trinajstić information content (AvgIpc) is 3.07. The van der Waals surface area contributed by atoms with E-state index in [9.17, 15) is 9.59 Å². The van der Waals surface area contributed by atoms with Crippen LogP contribution < -0.4 is 0 Å². The number of amides is 2. The summed E-state index contributed by atoms with van der Waals surface area (Å²) in [5, 5.41) is 0. The predicted molar refractivity (Wildman–Crippen MR) is 96.4 cm³/mol. The molecule has 0 N–H and O–H groups in total. The molecule has 25 heavy (non-hydrogen) atoms. The van der Waals surface area contributed by atoms with E-state index in [1.165, 1.54) is 0 Å². The minimum absolute atomic E-state index is 0.00204. The molecule has 0 radical (unpaired) electrons. The van der Waals surface area contributed by atoms with Crippen LogP contribution in [-0.4, -0.2) is 51.8 Å². The Morgan fingerprint density at radius 3 is 2.52 bits per heavy atom. The second kappa shape index (κ2) is 6.70. The Kier molecular flexibility index (Phi) is 4.61. The Morgan fingerprint density at radius 2 is 1.92 bits per heavy atom. The van der Waals surface area contributed by atoms with Gasteiger partial charge in [-0.25, -0.2) is 4.98 Å². The summed E-state index contributed by atoms with van der Waals surface area (Å²) >= 11 is 0. The highest BCUT2D eigenvalue weighted by atomic mass is 16.2. The molecule has 0 atom stereocenters. The fraction of sp³-hybridized carbons (Fsp3) is 0.421. The van der Waals surface area contributed by atoms with Gasteiger partial charge in [-0.3, -0.25) is 9.59 Å². The minimum Gasteiger partial charge on any atom is -0.345 e. The topological polar surface area (TPSA) is 58.4 Å². The van der Waals surface area contributed by atoms with Gasteiger partial charge in [0.25, 0.3) is 11.8 Å². The number of benzene rings is 1. The van der Waals surface area contributed by atoms with Gasteiger partial charge in [-0.2, -0.15) is 0 Å². The Hall–Kier alpha value is -2.63. The summed E-state index contributed by atoms with van der Waals surface area (Å²) in [6.07, 6.45) is 2.05. The number of hydrogen-bond acceptors (Lipinski definition) is 3. The zero-order chi connectivity index (χ0) is 18.1. The van der Waals surface area contributed by atoms with Gasteiger partial charge in [0.15, 0.2) is 0 Å². The van der Waals surface area contributed by atoms with E-state index in [2.05, 4.69) is 11.9 Å². The zero-order valence-electron chi connectivity index (χ0n) is 15.2. The third-order valence-corrected chi connectivity index (χ3v) is 4.53. The molecule has 3 rings (SSSR count). The number of aromatic nitrogens is 2. The van der Waals surface area contributed by atoms with Crippen LogP contribution in [0.1, 0.15) is 46.4 Å². The zero-order valence-corrected chi connectivity index (χ0v) is 15.2. The van der Waals surface area contributed by atoms with E-state index in [1.54, 1.807) is 19.0 Å². The lowest BCUT2D eigenvalue weighted by Gasteiger charge is -2.16. The van der Waals surface area contributed by atoms with Crippen molar-refractivity contribution in [3.8, 4) is 11.3 Å². The van der Waals surface area contributed by atoms with Gasteiger partial charge in [-0.15, -0.1) is 0 Å². The largest absolute Gasteiger partial charge is 0.345 e. The number of hydrogen-bond donors (Lipinski definition) is 0. The summed E-state index contributed by atoms with van der Waals surface area (Å²) in [4.78, 5) is 32.4. The van der Waals surface area contributed by atoms with Crippen molar-refractivity contribution in [3.63, 3.8) is 0 Å². The van der Waals surface area contributed by atoms with Crippen molar-refractivity contribution >= 4 is 11.8 Å². The van der Waals surface area contributed by atoms with Gasteiger partial charge in [0.05, 0.1) is 18.1 Å². The molecule has 6 heteroatoms. The number of unbranched alkanes of at least 4 members (excludes halogenated alkanes) is 1. The normalized spacial score (nSPS) is 13.3. The first-order valence-corrected chi connectivity index (χ1v) is 8.62. The molecule has 0 saturated heterocycles. The molecule has 0 spiro atoms. The Labute approximate surface area is 148 Å². The summed E-state index contributed by atoms with van der Waals surface area (Å²) in [5.41, 5.74) is 3.40. The van der Waals surface area contributed by atoms with Gasteiger partial charge in [0.2, 0.25) is 5.82 Å². The van der Waals surface area contributed by atoms with Crippen molar-refractivity contribution in [1.82, 2.24) is 19.4 Å². The number of rotatable bonds is 5. The molecule has 0 fully saturated rings. The first kappa shape index (κ1) is 17.2. The van der Waals surface area contributed by atoms with Gasteiger partial charge in [0, 0.05) is 31.8 Å². The quantitative estimate of drug-likeness (QED) is 0.841. The Morgan fingerprint density at radius 1 is 1.24 bits per heavy atom. The van der Waals surface area contributed by atoms with Crippen LogP contribution in [0.3, 0.4) is 0 Å². The van der Waals surface area contributed by atoms with Crippen molar-refractivity contribution in [2.45, 2.75) is 33.4 Å². The Balaban J connectivity index is 1.92. The standard InChI is InChI=1S/C19H24N4O2/c1-5-6-11-22-12-23-16(13(2)20-17(23)19(22)25)14-7-9-15(10-8-14)18(24)21(3)4/h7-10H,5-6,11-12H2,1-4H3. The van der Waals surface area contributed by atoms with Crippen molar-refractivity contribution in [2.24, 2.45) is 0 Å². The maximum absolute atomic E-state index is 12.5. The van der Waals surface area contributed by atoms with Crippen LogP contribution in [0.25, 0.3) is 11.3 Å². The SMILES string of the molecule is CCCCN1Cn2c(nc(C)c2-c2ccc(C(=O)N(C)C)cc2)C1=O. The summed E-state index contributed by atoms with van der Waals surface area (Å²) < 4.78 is 1.98. The van der Waals surface area contributed by atoms with Crippen LogP contribution in [0.2, 0.25) is 0 Å². The van der Waals surface area contributed by atoms with Crippen LogP contribution in [0, 0.1) is 6.92 Å². The summed E-state index contributed by atoms with van der Waals surface area (Å²) in [6, 6.07) is 7.49. The molecule has 1 aliphatic rings. The molecular formula is C19H24N4O2. The monoisotopic (exact) mass is 340 g/mol. The smallest absolute Gasteiger partial charge is 0.291 e. The van der Waals surface area contributed by atoms with E-state index >= 15 is 0 Å². The van der Waals surface area contributed by atoms with E-state index in [4.69, 9.17) is 0 Å². The molecule has 0 aliphatic carbocycles. The molecule has 0 saturated carbocycles. The van der Waals surface area contributed by atoms with E-state index in [0.29, 0.717) is 18.1 Å². The third kappa shape index (κ3) is 3.04. The van der Waals surface area contributed by atoms with Crippen molar-refractivity contribution in [3.05, 3.63) is 41.3 Å². The minimum atomic E-state index is -0.0253. The van der Waals surface area contributed by atoms with Crippen LogP contribution in [0.4, 0.5) is 0 Å². The van der Waals surface area contributed by atoms with Crippen molar-refractivity contribution < 1.29 is 9.59 Å². The van der Waals surface area contributed by atoms with Crippen LogP contribution in [0.15, 0.2) is 24.3 Å². The number of imidazole rings is 1. The average molecular weight is 340 g/mol. The first-order valence-electron chi connectivity index (χ1n) is 8.62. The molecule has 2 aromatic rings. The van der Waals surface area contributed by atoms with Crippen LogP contribution in [0.5, 0.6) is 0 Å².